The van der Waals surface area contributed by atoms with E-state index in [1.807, 2.05) is 0 Å². The highest BCUT2D eigenvalue weighted by molar-refractivity contribution is 6.19. The molecular weight excluding hydrogens is 683 g/mol. The topological polar surface area (TPSA) is 29.5 Å². The molecule has 2 heterocycles. The largest absolute Gasteiger partial charge is 0.456 e. The number of furan rings is 2. The molecule has 0 radical (unpaired) electrons. The molecule has 1 aliphatic rings. The lowest BCUT2D eigenvalue weighted by molar-refractivity contribution is 0.559. The van der Waals surface area contributed by atoms with Crippen molar-refractivity contribution in [2.24, 2.45) is 0 Å². The van der Waals surface area contributed by atoms with Gasteiger partial charge in [-0.3, -0.25) is 0 Å². The van der Waals surface area contributed by atoms with E-state index in [4.69, 9.17) is 8.83 Å². The summed E-state index contributed by atoms with van der Waals surface area (Å²) in [6.07, 6.45) is 0. The monoisotopic (exact) mass is 729 g/mol. The Morgan fingerprint density at radius 2 is 1.14 bits per heavy atom. The zero-order valence-electron chi connectivity index (χ0n) is 33.5. The summed E-state index contributed by atoms with van der Waals surface area (Å²) in [4.78, 5) is 2.41. The SMILES string of the molecule is CC(C)(C)c1cc(C(C)(C)C)c2oc3cc(N(c4ccc5c(c4)C(C)(C)c4ccccc4-5)c4cccc5oc6cccc(-c7ccccc7)c6c45)ccc3c2c1. The second-order valence-corrected chi connectivity index (χ2v) is 18.2. The van der Waals surface area contributed by atoms with Gasteiger partial charge in [0.1, 0.15) is 22.3 Å². The fourth-order valence-electron chi connectivity index (χ4n) is 9.15. The van der Waals surface area contributed by atoms with Gasteiger partial charge in [-0.15, -0.1) is 0 Å². The summed E-state index contributed by atoms with van der Waals surface area (Å²) in [5.41, 5.74) is 16.7. The van der Waals surface area contributed by atoms with Crippen molar-refractivity contribution in [2.45, 2.75) is 71.6 Å². The summed E-state index contributed by atoms with van der Waals surface area (Å²) in [5, 5.41) is 4.49. The van der Waals surface area contributed by atoms with Crippen molar-refractivity contribution in [3.8, 4) is 22.3 Å². The van der Waals surface area contributed by atoms with Crippen molar-refractivity contribution < 1.29 is 8.83 Å². The van der Waals surface area contributed by atoms with Gasteiger partial charge < -0.3 is 13.7 Å². The maximum absolute atomic E-state index is 6.96. The van der Waals surface area contributed by atoms with E-state index in [9.17, 15) is 0 Å². The summed E-state index contributed by atoms with van der Waals surface area (Å²) >= 11 is 0. The predicted octanol–water partition coefficient (Wildman–Crippen LogP) is 15.5. The molecule has 10 rings (SSSR count). The predicted molar refractivity (Wildman–Crippen MR) is 236 cm³/mol. The van der Waals surface area contributed by atoms with Gasteiger partial charge in [-0.25, -0.2) is 0 Å². The number of hydrogen-bond donors (Lipinski definition) is 0. The van der Waals surface area contributed by atoms with Gasteiger partial charge in [-0.1, -0.05) is 140 Å². The molecule has 1 aliphatic carbocycles. The van der Waals surface area contributed by atoms with Crippen molar-refractivity contribution in [3.63, 3.8) is 0 Å². The van der Waals surface area contributed by atoms with E-state index in [2.05, 4.69) is 200 Å². The van der Waals surface area contributed by atoms with Gasteiger partial charge in [0.15, 0.2) is 0 Å². The van der Waals surface area contributed by atoms with Crippen LogP contribution < -0.4 is 4.90 Å². The van der Waals surface area contributed by atoms with Crippen LogP contribution in [0.5, 0.6) is 0 Å². The lowest BCUT2D eigenvalue weighted by Gasteiger charge is -2.28. The van der Waals surface area contributed by atoms with E-state index in [-0.39, 0.29) is 16.2 Å². The third-order valence-corrected chi connectivity index (χ3v) is 12.1. The van der Waals surface area contributed by atoms with Crippen LogP contribution in [0.15, 0.2) is 148 Å². The van der Waals surface area contributed by atoms with Crippen LogP contribution in [0.4, 0.5) is 17.1 Å². The maximum atomic E-state index is 6.96. The summed E-state index contributed by atoms with van der Waals surface area (Å²) in [5.74, 6) is 0. The normalized spacial score (nSPS) is 13.9. The van der Waals surface area contributed by atoms with Crippen LogP contribution in [0.3, 0.4) is 0 Å². The first-order valence-corrected chi connectivity index (χ1v) is 19.8. The van der Waals surface area contributed by atoms with Crippen LogP contribution in [0.25, 0.3) is 66.1 Å². The summed E-state index contributed by atoms with van der Waals surface area (Å²) in [6.45, 7) is 18.4. The van der Waals surface area contributed by atoms with E-state index in [1.165, 1.54) is 38.8 Å². The molecule has 3 heteroatoms. The lowest BCUT2D eigenvalue weighted by Crippen LogP contribution is -2.16. The Morgan fingerprint density at radius 3 is 1.91 bits per heavy atom. The Morgan fingerprint density at radius 1 is 0.482 bits per heavy atom. The van der Waals surface area contributed by atoms with Gasteiger partial charge in [0.2, 0.25) is 0 Å². The maximum Gasteiger partial charge on any atom is 0.139 e. The van der Waals surface area contributed by atoms with Crippen molar-refractivity contribution in [3.05, 3.63) is 162 Å². The molecule has 0 saturated heterocycles. The molecule has 2 aromatic heterocycles. The zero-order chi connectivity index (χ0) is 38.7. The van der Waals surface area contributed by atoms with Gasteiger partial charge >= 0.3 is 0 Å². The van der Waals surface area contributed by atoms with Crippen LogP contribution >= 0.6 is 0 Å². The standard InChI is InChI=1S/C53H47NO2/c1-51(2,3)33-28-40-39-27-25-35(31-47(39)56-50(40)43(29-33)52(4,5)6)54(34-24-26-38-37-18-12-13-20-41(37)53(7,8)42(38)30-34)44-21-15-23-46-49(44)48-36(19-14-22-45(48)55-46)32-16-10-9-11-17-32/h9-31H,1-8H3. The van der Waals surface area contributed by atoms with Crippen LogP contribution in [0.2, 0.25) is 0 Å². The van der Waals surface area contributed by atoms with Gasteiger partial charge in [-0.05, 0) is 98.3 Å². The average molecular weight is 730 g/mol. The Hall–Kier alpha value is -6.06. The molecular formula is C53H47NO2. The minimum absolute atomic E-state index is 0.000179. The van der Waals surface area contributed by atoms with Gasteiger partial charge in [0.05, 0.1) is 11.1 Å². The molecule has 9 aromatic rings. The second kappa shape index (κ2) is 12.0. The number of rotatable bonds is 4. The average Bonchev–Trinajstić information content (AvgIpc) is 3.82. The molecule has 276 valence electrons. The van der Waals surface area contributed by atoms with E-state index in [1.54, 1.807) is 0 Å². The molecule has 0 N–H and O–H groups in total. The van der Waals surface area contributed by atoms with E-state index in [0.29, 0.717) is 0 Å². The first-order valence-electron chi connectivity index (χ1n) is 19.8. The fourth-order valence-corrected chi connectivity index (χ4v) is 9.15. The lowest BCUT2D eigenvalue weighted by atomic mass is 9.79. The number of nitrogens with zero attached hydrogens (tertiary/aromatic N) is 1. The third kappa shape index (κ3) is 5.17. The zero-order valence-corrected chi connectivity index (χ0v) is 33.5. The molecule has 0 aliphatic heterocycles. The highest BCUT2D eigenvalue weighted by Gasteiger charge is 2.36. The molecule has 56 heavy (non-hydrogen) atoms. The second-order valence-electron chi connectivity index (χ2n) is 18.2. The minimum Gasteiger partial charge on any atom is -0.456 e. The first-order chi connectivity index (χ1) is 26.8. The molecule has 0 spiro atoms. The van der Waals surface area contributed by atoms with Crippen LogP contribution in [0, 0.1) is 0 Å². The van der Waals surface area contributed by atoms with Crippen molar-refractivity contribution in [1.82, 2.24) is 0 Å². The highest BCUT2D eigenvalue weighted by atomic mass is 16.3. The number of anilines is 3. The van der Waals surface area contributed by atoms with Gasteiger partial charge in [-0.2, -0.15) is 0 Å². The molecule has 0 saturated carbocycles. The van der Waals surface area contributed by atoms with Crippen LogP contribution in [-0.4, -0.2) is 0 Å². The minimum atomic E-state index is -0.154. The number of fused-ring (bicyclic) bond motifs is 9. The summed E-state index contributed by atoms with van der Waals surface area (Å²) < 4.78 is 13.6. The molecule has 0 fully saturated rings. The van der Waals surface area contributed by atoms with Gasteiger partial charge in [0, 0.05) is 44.6 Å². The summed E-state index contributed by atoms with van der Waals surface area (Å²) in [6, 6.07) is 50.8. The molecule has 7 aromatic carbocycles. The Labute approximate surface area is 329 Å². The smallest absolute Gasteiger partial charge is 0.139 e. The number of benzene rings is 7. The quantitative estimate of drug-likeness (QED) is 0.181. The van der Waals surface area contributed by atoms with Crippen molar-refractivity contribution >= 4 is 60.9 Å². The Bertz CT molecular complexity index is 3020. The van der Waals surface area contributed by atoms with E-state index < -0.39 is 0 Å². The van der Waals surface area contributed by atoms with Crippen LogP contribution in [-0.2, 0) is 16.2 Å². The Balaban J connectivity index is 1.26. The van der Waals surface area contributed by atoms with Gasteiger partial charge in [0.25, 0.3) is 0 Å². The molecule has 0 amide bonds. The molecule has 0 bridgehead atoms. The molecule has 3 nitrogen and oxygen atoms in total. The Kier molecular flexibility index (Phi) is 7.36. The van der Waals surface area contributed by atoms with Crippen molar-refractivity contribution in [2.75, 3.05) is 4.90 Å². The number of hydrogen-bond acceptors (Lipinski definition) is 3. The van der Waals surface area contributed by atoms with E-state index >= 15 is 0 Å². The van der Waals surface area contributed by atoms with E-state index in [0.717, 1.165) is 66.7 Å². The third-order valence-electron chi connectivity index (χ3n) is 12.1. The first kappa shape index (κ1) is 34.4. The van der Waals surface area contributed by atoms with Crippen LogP contribution in [0.1, 0.15) is 77.6 Å². The molecule has 0 atom stereocenters. The van der Waals surface area contributed by atoms with Crippen molar-refractivity contribution in [1.29, 1.82) is 0 Å². The summed E-state index contributed by atoms with van der Waals surface area (Å²) in [7, 11) is 0. The fraction of sp³-hybridized carbons (Fsp3) is 0.208. The highest BCUT2D eigenvalue weighted by Crippen LogP contribution is 2.52. The molecule has 0 unspecified atom stereocenters.